The Morgan fingerprint density at radius 1 is 1.04 bits per heavy atom. The zero-order valence-corrected chi connectivity index (χ0v) is 17.1. The van der Waals surface area contributed by atoms with Crippen LogP contribution in [0.3, 0.4) is 0 Å². The average molecular weight is 382 g/mol. The van der Waals surface area contributed by atoms with Crippen molar-refractivity contribution in [3.05, 3.63) is 42.5 Å². The van der Waals surface area contributed by atoms with Crippen LogP contribution >= 0.6 is 0 Å². The molecule has 2 aromatic carbocycles. The van der Waals surface area contributed by atoms with Gasteiger partial charge in [-0.1, -0.05) is 55.7 Å². The Hall–Kier alpha value is -2.40. The Balaban J connectivity index is 1.59. The van der Waals surface area contributed by atoms with Crippen LogP contribution in [0, 0.1) is 0 Å². The molecule has 1 atom stereocenters. The van der Waals surface area contributed by atoms with Crippen LogP contribution in [0.1, 0.15) is 39.0 Å². The van der Waals surface area contributed by atoms with Crippen molar-refractivity contribution in [1.82, 2.24) is 9.80 Å². The maximum atomic E-state index is 12.9. The van der Waals surface area contributed by atoms with Crippen LogP contribution in [0.25, 0.3) is 10.8 Å². The Bertz CT molecular complexity index is 824. The van der Waals surface area contributed by atoms with Crippen LogP contribution in [-0.2, 0) is 9.59 Å². The largest absolute Gasteiger partial charge is 0.341 e. The van der Waals surface area contributed by atoms with Gasteiger partial charge in [0.15, 0.2) is 0 Å². The van der Waals surface area contributed by atoms with Crippen molar-refractivity contribution >= 4 is 28.3 Å². The summed E-state index contributed by atoms with van der Waals surface area (Å²) < 4.78 is 0. The fraction of sp³-hybridized carbons (Fsp3) is 0.478. The minimum Gasteiger partial charge on any atom is -0.341 e. The summed E-state index contributed by atoms with van der Waals surface area (Å²) in [4.78, 5) is 29.2. The summed E-state index contributed by atoms with van der Waals surface area (Å²) in [6.45, 7) is 2.06. The number of hydrogen-bond acceptors (Lipinski definition) is 3. The number of rotatable bonds is 6. The molecule has 5 nitrogen and oxygen atoms in total. The van der Waals surface area contributed by atoms with Crippen molar-refractivity contribution in [2.75, 3.05) is 26.0 Å². The molecule has 0 aliphatic heterocycles. The summed E-state index contributed by atoms with van der Waals surface area (Å²) in [5.41, 5.74) is 0.801. The van der Waals surface area contributed by atoms with E-state index in [1.54, 1.807) is 0 Å². The van der Waals surface area contributed by atoms with Gasteiger partial charge < -0.3 is 10.2 Å². The van der Waals surface area contributed by atoms with Crippen LogP contribution in [0.4, 0.5) is 5.69 Å². The van der Waals surface area contributed by atoms with Crippen molar-refractivity contribution in [1.29, 1.82) is 0 Å². The monoisotopic (exact) mass is 381 g/mol. The smallest absolute Gasteiger partial charge is 0.239 e. The van der Waals surface area contributed by atoms with Gasteiger partial charge in [-0.3, -0.25) is 14.5 Å². The Morgan fingerprint density at radius 2 is 1.71 bits per heavy atom. The van der Waals surface area contributed by atoms with Crippen molar-refractivity contribution < 1.29 is 9.59 Å². The second kappa shape index (κ2) is 9.20. The third-order valence-electron chi connectivity index (χ3n) is 5.95. The number of carbonyl (C=O) groups excluding carboxylic acids is 2. The quantitative estimate of drug-likeness (QED) is 0.826. The molecular weight excluding hydrogens is 350 g/mol. The van der Waals surface area contributed by atoms with Crippen LogP contribution in [0.5, 0.6) is 0 Å². The number of carbonyl (C=O) groups is 2. The fourth-order valence-corrected chi connectivity index (χ4v) is 4.02. The molecule has 0 spiro atoms. The Kier molecular flexibility index (Phi) is 6.68. The van der Waals surface area contributed by atoms with E-state index in [4.69, 9.17) is 0 Å². The van der Waals surface area contributed by atoms with Gasteiger partial charge in [0.25, 0.3) is 0 Å². The maximum absolute atomic E-state index is 12.9. The fourth-order valence-electron chi connectivity index (χ4n) is 4.02. The molecule has 0 unspecified atom stereocenters. The van der Waals surface area contributed by atoms with Crippen molar-refractivity contribution in [3.8, 4) is 0 Å². The molecule has 1 fully saturated rings. The number of benzene rings is 2. The van der Waals surface area contributed by atoms with Gasteiger partial charge in [0.2, 0.25) is 11.8 Å². The number of nitrogens with zero attached hydrogens (tertiary/aromatic N) is 2. The molecule has 0 saturated heterocycles. The second-order valence-electron chi connectivity index (χ2n) is 7.91. The third-order valence-corrected chi connectivity index (χ3v) is 5.95. The maximum Gasteiger partial charge on any atom is 0.239 e. The molecule has 150 valence electrons. The molecule has 5 heteroatoms. The van der Waals surface area contributed by atoms with Crippen LogP contribution in [0.2, 0.25) is 0 Å². The zero-order chi connectivity index (χ0) is 20.1. The van der Waals surface area contributed by atoms with E-state index in [1.807, 2.05) is 73.3 Å². The normalized spacial score (nSPS) is 16.1. The molecule has 28 heavy (non-hydrogen) atoms. The number of likely N-dealkylation sites (N-methyl/N-ethyl adjacent to an activating group) is 2. The van der Waals surface area contributed by atoms with Crippen LogP contribution in [-0.4, -0.2) is 54.3 Å². The molecule has 2 aromatic rings. The van der Waals surface area contributed by atoms with Crippen molar-refractivity contribution in [2.24, 2.45) is 0 Å². The summed E-state index contributed by atoms with van der Waals surface area (Å²) in [5, 5.41) is 5.10. The van der Waals surface area contributed by atoms with E-state index in [-0.39, 0.29) is 24.4 Å². The minimum atomic E-state index is -0.329. The summed E-state index contributed by atoms with van der Waals surface area (Å²) in [5.74, 6) is -0.0221. The summed E-state index contributed by atoms with van der Waals surface area (Å²) >= 11 is 0. The lowest BCUT2D eigenvalue weighted by Gasteiger charge is -2.35. The van der Waals surface area contributed by atoms with Gasteiger partial charge >= 0.3 is 0 Å². The molecule has 1 aliphatic rings. The Labute approximate surface area is 167 Å². The van der Waals surface area contributed by atoms with E-state index < -0.39 is 0 Å². The van der Waals surface area contributed by atoms with Gasteiger partial charge in [-0.05, 0) is 38.3 Å². The first-order valence-corrected chi connectivity index (χ1v) is 10.2. The highest BCUT2D eigenvalue weighted by Crippen LogP contribution is 2.24. The topological polar surface area (TPSA) is 52.7 Å². The Morgan fingerprint density at radius 3 is 2.46 bits per heavy atom. The molecule has 0 bridgehead atoms. The predicted molar refractivity (Wildman–Crippen MR) is 114 cm³/mol. The van der Waals surface area contributed by atoms with Crippen molar-refractivity contribution in [2.45, 2.75) is 51.1 Å². The van der Waals surface area contributed by atoms with Gasteiger partial charge in [0.05, 0.1) is 12.6 Å². The van der Waals surface area contributed by atoms with E-state index in [2.05, 4.69) is 5.32 Å². The van der Waals surface area contributed by atoms with E-state index in [0.717, 1.165) is 29.3 Å². The van der Waals surface area contributed by atoms with Gasteiger partial charge in [0, 0.05) is 24.2 Å². The summed E-state index contributed by atoms with van der Waals surface area (Å²) in [6.07, 6.45) is 5.82. The highest BCUT2D eigenvalue weighted by atomic mass is 16.2. The number of nitrogens with one attached hydrogen (secondary N) is 1. The highest BCUT2D eigenvalue weighted by Gasteiger charge is 2.28. The minimum absolute atomic E-state index is 0.0901. The number of amides is 2. The molecule has 2 amide bonds. The van der Waals surface area contributed by atoms with E-state index in [0.29, 0.717) is 6.04 Å². The SMILES string of the molecule is C[C@H](C(=O)N(C)C1CCCCC1)N(C)CC(=O)Nc1cccc2ccccc12. The molecule has 0 heterocycles. The van der Waals surface area contributed by atoms with Crippen LogP contribution < -0.4 is 5.32 Å². The molecule has 1 saturated carbocycles. The van der Waals surface area contributed by atoms with Gasteiger partial charge in [-0.2, -0.15) is 0 Å². The molecule has 0 radical (unpaired) electrons. The third kappa shape index (κ3) is 4.71. The number of hydrogen-bond donors (Lipinski definition) is 1. The average Bonchev–Trinajstić information content (AvgIpc) is 2.73. The molecule has 1 aliphatic carbocycles. The number of fused-ring (bicyclic) bond motifs is 1. The van der Waals surface area contributed by atoms with Gasteiger partial charge in [0.1, 0.15) is 0 Å². The van der Waals surface area contributed by atoms with E-state index >= 15 is 0 Å². The molecule has 3 rings (SSSR count). The lowest BCUT2D eigenvalue weighted by Crippen LogP contribution is -2.49. The lowest BCUT2D eigenvalue weighted by atomic mass is 9.94. The zero-order valence-electron chi connectivity index (χ0n) is 17.1. The summed E-state index contributed by atoms with van der Waals surface area (Å²) in [7, 11) is 3.73. The van der Waals surface area contributed by atoms with Gasteiger partial charge in [-0.15, -0.1) is 0 Å². The number of anilines is 1. The summed E-state index contributed by atoms with van der Waals surface area (Å²) in [6, 6.07) is 13.9. The second-order valence-corrected chi connectivity index (χ2v) is 7.91. The van der Waals surface area contributed by atoms with Crippen molar-refractivity contribution in [3.63, 3.8) is 0 Å². The first-order valence-electron chi connectivity index (χ1n) is 10.2. The lowest BCUT2D eigenvalue weighted by molar-refractivity contribution is -0.137. The standard InChI is InChI=1S/C23H31N3O2/c1-17(23(28)26(3)19-12-5-4-6-13-19)25(2)16-22(27)24-21-15-9-11-18-10-7-8-14-20(18)21/h7-11,14-15,17,19H,4-6,12-13,16H2,1-3H3,(H,24,27)/t17-/m1/s1. The first-order chi connectivity index (χ1) is 13.5. The first kappa shape index (κ1) is 20.3. The van der Waals surface area contributed by atoms with E-state index in [1.165, 1.54) is 19.3 Å². The molecule has 0 aromatic heterocycles. The van der Waals surface area contributed by atoms with Crippen LogP contribution in [0.15, 0.2) is 42.5 Å². The van der Waals surface area contributed by atoms with Gasteiger partial charge in [-0.25, -0.2) is 0 Å². The van der Waals surface area contributed by atoms with E-state index in [9.17, 15) is 9.59 Å². The highest BCUT2D eigenvalue weighted by molar-refractivity contribution is 6.02. The predicted octanol–water partition coefficient (Wildman–Crippen LogP) is 3.89. The molecular formula is C23H31N3O2. The molecule has 1 N–H and O–H groups in total.